The van der Waals surface area contributed by atoms with Gasteiger partial charge in [-0.1, -0.05) is 69.3 Å². The Kier molecular flexibility index (Phi) is 8.24. The summed E-state index contributed by atoms with van der Waals surface area (Å²) in [5.41, 5.74) is 3.90. The van der Waals surface area contributed by atoms with Gasteiger partial charge < -0.3 is 19.9 Å². The summed E-state index contributed by atoms with van der Waals surface area (Å²) in [5.74, 6) is -4.26. The third-order valence-electron chi connectivity index (χ3n) is 6.45. The highest BCUT2D eigenvalue weighted by Crippen LogP contribution is 2.32. The number of carboxylic acid groups (broad SMARTS) is 1. The number of ether oxygens (including phenoxy) is 2. The third-order valence-corrected chi connectivity index (χ3v) is 6.45. The van der Waals surface area contributed by atoms with Crippen molar-refractivity contribution in [1.82, 2.24) is 5.32 Å². The Morgan fingerprint density at radius 1 is 1.11 bits per heavy atom. The van der Waals surface area contributed by atoms with E-state index < -0.39 is 47.1 Å². The van der Waals surface area contributed by atoms with Gasteiger partial charge in [-0.3, -0.25) is 4.79 Å². The second kappa shape index (κ2) is 10.8. The van der Waals surface area contributed by atoms with Crippen LogP contribution in [0.1, 0.15) is 58.6 Å². The lowest BCUT2D eigenvalue weighted by molar-refractivity contribution is -0.162. The third kappa shape index (κ3) is 6.72. The molecule has 7 nitrogen and oxygen atoms in total. The van der Waals surface area contributed by atoms with Gasteiger partial charge in [-0.15, -0.1) is 0 Å². The lowest BCUT2D eigenvalue weighted by Crippen LogP contribution is -2.52. The van der Waals surface area contributed by atoms with Crippen molar-refractivity contribution < 1.29 is 29.0 Å². The van der Waals surface area contributed by atoms with Gasteiger partial charge in [0.05, 0.1) is 5.92 Å². The fourth-order valence-electron chi connectivity index (χ4n) is 4.59. The maximum absolute atomic E-state index is 13.3. The zero-order valence-electron chi connectivity index (χ0n) is 22.0. The average Bonchev–Trinajstić information content (AvgIpc) is 3.06. The first kappa shape index (κ1) is 27.4. The Balaban J connectivity index is 1.74. The normalized spacial score (nSPS) is 18.8. The van der Waals surface area contributed by atoms with Gasteiger partial charge >= 0.3 is 11.9 Å². The minimum Gasteiger partial charge on any atom is -0.480 e. The van der Waals surface area contributed by atoms with E-state index in [2.05, 4.69) is 42.6 Å². The fraction of sp³-hybridized carbons (Fsp3) is 0.483. The van der Waals surface area contributed by atoms with Gasteiger partial charge in [-0.05, 0) is 53.9 Å². The summed E-state index contributed by atoms with van der Waals surface area (Å²) in [7, 11) is 0. The minimum absolute atomic E-state index is 0.345. The summed E-state index contributed by atoms with van der Waals surface area (Å²) in [5, 5.41) is 12.3. The van der Waals surface area contributed by atoms with Gasteiger partial charge in [0.2, 0.25) is 11.7 Å². The smallest absolute Gasteiger partial charge is 0.338 e. The Hall–Kier alpha value is -3.19. The molecule has 0 radical (unpaired) electrons. The van der Waals surface area contributed by atoms with E-state index in [4.69, 9.17) is 9.47 Å². The van der Waals surface area contributed by atoms with Crippen LogP contribution < -0.4 is 5.32 Å². The van der Waals surface area contributed by atoms with E-state index >= 15 is 0 Å². The highest BCUT2D eigenvalue weighted by molar-refractivity contribution is 5.90. The minimum atomic E-state index is -1.14. The van der Waals surface area contributed by atoms with Crippen LogP contribution in [0.25, 0.3) is 11.1 Å². The molecule has 1 fully saturated rings. The molecule has 7 heteroatoms. The monoisotopic (exact) mass is 495 g/mol. The van der Waals surface area contributed by atoms with E-state index in [1.807, 2.05) is 18.2 Å². The van der Waals surface area contributed by atoms with E-state index in [0.29, 0.717) is 19.3 Å². The molecule has 0 aromatic heterocycles. The van der Waals surface area contributed by atoms with Crippen LogP contribution in [-0.4, -0.2) is 40.9 Å². The standard InChI is InChI=1S/C29H37NO6/c1-18-17-19(15-16-21(18)20-12-8-7-9-13-20)11-10-14-22(23-27(34)36-29(5,6)35-23)25(31)30-24(26(32)33)28(2,3)4/h7-9,12-13,15-17,22-24H,10-11,14H2,1-6H3,(H,30,31)(H,32,33). The van der Waals surface area contributed by atoms with Crippen LogP contribution >= 0.6 is 0 Å². The molecule has 2 aromatic carbocycles. The van der Waals surface area contributed by atoms with Crippen molar-refractivity contribution in [3.05, 3.63) is 59.7 Å². The number of amides is 1. The number of carbonyl (C=O) groups excluding carboxylic acids is 2. The number of rotatable bonds is 9. The van der Waals surface area contributed by atoms with Crippen molar-refractivity contribution in [3.63, 3.8) is 0 Å². The lowest BCUT2D eigenvalue weighted by atomic mass is 9.85. The summed E-state index contributed by atoms with van der Waals surface area (Å²) in [6.07, 6.45) is 0.573. The van der Waals surface area contributed by atoms with Crippen LogP contribution in [0.2, 0.25) is 0 Å². The molecule has 3 unspecified atom stereocenters. The number of hydrogen-bond donors (Lipinski definition) is 2. The molecular weight excluding hydrogens is 458 g/mol. The number of carboxylic acids is 1. The lowest BCUT2D eigenvalue weighted by Gasteiger charge is -2.30. The topological polar surface area (TPSA) is 102 Å². The van der Waals surface area contributed by atoms with Gasteiger partial charge in [0.25, 0.3) is 0 Å². The number of esters is 1. The molecule has 1 amide bonds. The number of carbonyl (C=O) groups is 3. The van der Waals surface area contributed by atoms with Crippen molar-refractivity contribution in [1.29, 1.82) is 0 Å². The predicted octanol–water partition coefficient (Wildman–Crippen LogP) is 4.89. The second-order valence-corrected chi connectivity index (χ2v) is 11.0. The number of cyclic esters (lactones) is 1. The Morgan fingerprint density at radius 3 is 2.31 bits per heavy atom. The average molecular weight is 496 g/mol. The van der Waals surface area contributed by atoms with Crippen molar-refractivity contribution in [2.75, 3.05) is 0 Å². The first-order valence-electron chi connectivity index (χ1n) is 12.4. The zero-order chi connectivity index (χ0) is 26.7. The first-order chi connectivity index (χ1) is 16.8. The van der Waals surface area contributed by atoms with Gasteiger partial charge in [-0.2, -0.15) is 0 Å². The van der Waals surface area contributed by atoms with Gasteiger partial charge in [0, 0.05) is 13.8 Å². The van der Waals surface area contributed by atoms with Gasteiger partial charge in [-0.25, -0.2) is 9.59 Å². The van der Waals surface area contributed by atoms with E-state index in [9.17, 15) is 19.5 Å². The van der Waals surface area contributed by atoms with Crippen LogP contribution in [0, 0.1) is 18.3 Å². The largest absolute Gasteiger partial charge is 0.480 e. The summed E-state index contributed by atoms with van der Waals surface area (Å²) in [6, 6.07) is 15.4. The molecule has 0 bridgehead atoms. The summed E-state index contributed by atoms with van der Waals surface area (Å²) >= 11 is 0. The van der Waals surface area contributed by atoms with E-state index in [1.54, 1.807) is 34.6 Å². The molecule has 1 aliphatic rings. The molecule has 0 saturated carbocycles. The maximum Gasteiger partial charge on any atom is 0.338 e. The van der Waals surface area contributed by atoms with E-state index in [-0.39, 0.29) is 0 Å². The predicted molar refractivity (Wildman–Crippen MR) is 137 cm³/mol. The number of nitrogens with one attached hydrogen (secondary N) is 1. The molecule has 3 atom stereocenters. The van der Waals surface area contributed by atoms with Crippen LogP contribution in [0.5, 0.6) is 0 Å². The first-order valence-corrected chi connectivity index (χ1v) is 12.4. The number of aliphatic carboxylic acids is 1. The van der Waals surface area contributed by atoms with Crippen LogP contribution in [0.4, 0.5) is 0 Å². The molecule has 0 aliphatic carbocycles. The second-order valence-electron chi connectivity index (χ2n) is 11.0. The summed E-state index contributed by atoms with van der Waals surface area (Å²) in [6.45, 7) is 10.5. The molecule has 36 heavy (non-hydrogen) atoms. The molecule has 1 heterocycles. The number of aryl methyl sites for hydroxylation is 2. The molecule has 1 saturated heterocycles. The van der Waals surface area contributed by atoms with Crippen molar-refractivity contribution >= 4 is 17.8 Å². The Morgan fingerprint density at radius 2 is 1.78 bits per heavy atom. The highest BCUT2D eigenvalue weighted by atomic mass is 16.8. The molecule has 194 valence electrons. The quantitative estimate of drug-likeness (QED) is 0.480. The van der Waals surface area contributed by atoms with Crippen molar-refractivity contribution in [2.45, 2.75) is 78.7 Å². The Labute approximate surface area is 213 Å². The van der Waals surface area contributed by atoms with Crippen LogP contribution in [0.15, 0.2) is 48.5 Å². The van der Waals surface area contributed by atoms with Crippen LogP contribution in [0.3, 0.4) is 0 Å². The van der Waals surface area contributed by atoms with E-state index in [1.165, 1.54) is 5.56 Å². The maximum atomic E-state index is 13.3. The van der Waals surface area contributed by atoms with Crippen LogP contribution in [-0.2, 0) is 30.3 Å². The number of hydrogen-bond acceptors (Lipinski definition) is 5. The van der Waals surface area contributed by atoms with Gasteiger partial charge in [0.15, 0.2) is 6.10 Å². The highest BCUT2D eigenvalue weighted by Gasteiger charge is 2.48. The van der Waals surface area contributed by atoms with Crippen molar-refractivity contribution in [3.8, 4) is 11.1 Å². The molecular formula is C29H37NO6. The summed E-state index contributed by atoms with van der Waals surface area (Å²) < 4.78 is 11.1. The molecule has 2 N–H and O–H groups in total. The molecule has 2 aromatic rings. The Bertz CT molecular complexity index is 1100. The van der Waals surface area contributed by atoms with Crippen molar-refractivity contribution in [2.24, 2.45) is 11.3 Å². The molecule has 3 rings (SSSR count). The number of benzene rings is 2. The van der Waals surface area contributed by atoms with E-state index in [0.717, 1.165) is 16.7 Å². The summed E-state index contributed by atoms with van der Waals surface area (Å²) in [4.78, 5) is 37.7. The fourth-order valence-corrected chi connectivity index (χ4v) is 4.59. The molecule has 1 aliphatic heterocycles. The SMILES string of the molecule is Cc1cc(CCCC(C(=O)NC(C(=O)O)C(C)(C)C)C2OC(C)(C)OC2=O)ccc1-c1ccccc1. The molecule has 0 spiro atoms. The zero-order valence-corrected chi connectivity index (χ0v) is 22.0. The van der Waals surface area contributed by atoms with Gasteiger partial charge in [0.1, 0.15) is 6.04 Å².